The van der Waals surface area contributed by atoms with Crippen LogP contribution in [0.5, 0.6) is 0 Å². The fraction of sp³-hybridized carbons (Fsp3) is 0.346. The lowest BCUT2D eigenvalue weighted by Crippen LogP contribution is -2.49. The average Bonchev–Trinajstić information content (AvgIpc) is 3.27. The number of non-ortho nitro benzene ring substituents is 1. The van der Waals surface area contributed by atoms with Gasteiger partial charge in [0.25, 0.3) is 5.69 Å². The standard InChI is InChI=1S/C26H26F3N5O4/c1-32(18-9-3-2-4-10-18)25(36)21(15-17-8-7-11-19(14-17)34(37)38)30-23(35)16-33-22-13-6-5-12-20(22)24(31-33)26(27,28)29/h2-4,7-11,14,21H,5-6,12-13,15-16H2,1H3,(H,30,35)/t21-/m0/s1. The Morgan fingerprint density at radius 1 is 1.13 bits per heavy atom. The molecule has 0 bridgehead atoms. The lowest BCUT2D eigenvalue weighted by Gasteiger charge is -2.25. The lowest BCUT2D eigenvalue weighted by atomic mass is 9.95. The molecule has 2 aromatic carbocycles. The highest BCUT2D eigenvalue weighted by Crippen LogP contribution is 2.35. The maximum atomic E-state index is 13.5. The van der Waals surface area contributed by atoms with E-state index in [9.17, 15) is 32.9 Å². The first-order valence-corrected chi connectivity index (χ1v) is 12.1. The van der Waals surface area contributed by atoms with Gasteiger partial charge in [0.1, 0.15) is 12.6 Å². The van der Waals surface area contributed by atoms with E-state index < -0.39 is 41.2 Å². The first-order valence-electron chi connectivity index (χ1n) is 12.1. The molecule has 1 atom stereocenters. The van der Waals surface area contributed by atoms with Crippen LogP contribution in [0, 0.1) is 10.1 Å². The van der Waals surface area contributed by atoms with Crippen molar-refractivity contribution in [2.75, 3.05) is 11.9 Å². The third-order valence-electron chi connectivity index (χ3n) is 6.49. The van der Waals surface area contributed by atoms with Crippen molar-refractivity contribution in [3.05, 3.63) is 87.2 Å². The maximum Gasteiger partial charge on any atom is 0.435 e. The Bertz CT molecular complexity index is 1340. The van der Waals surface area contributed by atoms with Crippen molar-refractivity contribution in [3.8, 4) is 0 Å². The van der Waals surface area contributed by atoms with E-state index >= 15 is 0 Å². The molecular weight excluding hydrogens is 503 g/mol. The molecule has 12 heteroatoms. The number of nitro groups is 1. The SMILES string of the molecule is CN(C(=O)[C@H](Cc1cccc([N+](=O)[O-])c1)NC(=O)Cn1nc(C(F)(F)F)c2c1CCCC2)c1ccccc1. The van der Waals surface area contributed by atoms with Gasteiger partial charge in [-0.2, -0.15) is 18.3 Å². The van der Waals surface area contributed by atoms with Crippen LogP contribution in [0.25, 0.3) is 0 Å². The molecule has 3 aromatic rings. The number of fused-ring (bicyclic) bond motifs is 1. The van der Waals surface area contributed by atoms with E-state index in [1.807, 2.05) is 0 Å². The number of hydrogen-bond donors (Lipinski definition) is 1. The summed E-state index contributed by atoms with van der Waals surface area (Å²) in [5.74, 6) is -1.19. The third kappa shape index (κ3) is 6.01. The number of anilines is 1. The molecule has 4 rings (SSSR count). The van der Waals surface area contributed by atoms with Gasteiger partial charge in [0, 0.05) is 42.5 Å². The van der Waals surface area contributed by atoms with Gasteiger partial charge < -0.3 is 10.2 Å². The second-order valence-corrected chi connectivity index (χ2v) is 9.12. The van der Waals surface area contributed by atoms with Gasteiger partial charge >= 0.3 is 6.18 Å². The highest BCUT2D eigenvalue weighted by atomic mass is 19.4. The van der Waals surface area contributed by atoms with Crippen LogP contribution in [-0.2, 0) is 41.6 Å². The molecule has 0 unspecified atom stereocenters. The summed E-state index contributed by atoms with van der Waals surface area (Å²) in [6, 6.07) is 13.2. The van der Waals surface area contributed by atoms with E-state index in [1.54, 1.807) is 36.4 Å². The number of hydrogen-bond acceptors (Lipinski definition) is 5. The van der Waals surface area contributed by atoms with Crippen molar-refractivity contribution in [1.29, 1.82) is 0 Å². The smallest absolute Gasteiger partial charge is 0.342 e. The van der Waals surface area contributed by atoms with Crippen LogP contribution in [0.1, 0.15) is 35.4 Å². The number of aromatic nitrogens is 2. The molecule has 0 fully saturated rings. The molecule has 0 aliphatic heterocycles. The van der Waals surface area contributed by atoms with Crippen LogP contribution in [0.15, 0.2) is 54.6 Å². The van der Waals surface area contributed by atoms with Crippen LogP contribution in [0.4, 0.5) is 24.5 Å². The molecular formula is C26H26F3N5O4. The fourth-order valence-electron chi connectivity index (χ4n) is 4.65. The summed E-state index contributed by atoms with van der Waals surface area (Å²) in [6.45, 7) is -0.494. The molecule has 200 valence electrons. The van der Waals surface area contributed by atoms with Crippen molar-refractivity contribution in [3.63, 3.8) is 0 Å². The van der Waals surface area contributed by atoms with Gasteiger partial charge in [-0.05, 0) is 43.4 Å². The number of nitrogens with zero attached hydrogens (tertiary/aromatic N) is 4. The minimum absolute atomic E-state index is 0.0611. The molecule has 2 amide bonds. The molecule has 9 nitrogen and oxygen atoms in total. The molecule has 1 aliphatic rings. The average molecular weight is 530 g/mol. The fourth-order valence-corrected chi connectivity index (χ4v) is 4.65. The van der Waals surface area contributed by atoms with E-state index in [4.69, 9.17) is 0 Å². The summed E-state index contributed by atoms with van der Waals surface area (Å²) >= 11 is 0. The van der Waals surface area contributed by atoms with Gasteiger partial charge in [-0.15, -0.1) is 0 Å². The molecule has 0 radical (unpaired) electrons. The van der Waals surface area contributed by atoms with Crippen LogP contribution in [0.3, 0.4) is 0 Å². The molecule has 1 aliphatic carbocycles. The summed E-state index contributed by atoms with van der Waals surface area (Å²) in [7, 11) is 1.53. The quantitative estimate of drug-likeness (QED) is 0.349. The van der Waals surface area contributed by atoms with E-state index in [2.05, 4.69) is 10.4 Å². The number of carbonyl (C=O) groups excluding carboxylic acids is 2. The Morgan fingerprint density at radius 3 is 2.53 bits per heavy atom. The van der Waals surface area contributed by atoms with Crippen molar-refractivity contribution in [2.24, 2.45) is 0 Å². The van der Waals surface area contributed by atoms with E-state index in [0.29, 0.717) is 36.2 Å². The number of likely N-dealkylation sites (N-methyl/N-ethyl adjacent to an activating group) is 1. The first-order chi connectivity index (χ1) is 18.0. The predicted octanol–water partition coefficient (Wildman–Crippen LogP) is 4.08. The minimum Gasteiger partial charge on any atom is -0.342 e. The molecule has 38 heavy (non-hydrogen) atoms. The monoisotopic (exact) mass is 529 g/mol. The molecule has 0 saturated heterocycles. The summed E-state index contributed by atoms with van der Waals surface area (Å²) < 4.78 is 41.7. The van der Waals surface area contributed by atoms with Gasteiger partial charge in [0.05, 0.1) is 4.92 Å². The van der Waals surface area contributed by atoms with Crippen molar-refractivity contribution in [1.82, 2.24) is 15.1 Å². The van der Waals surface area contributed by atoms with Gasteiger partial charge in [-0.25, -0.2) is 0 Å². The Kier molecular flexibility index (Phi) is 7.79. The van der Waals surface area contributed by atoms with Crippen LogP contribution < -0.4 is 10.2 Å². The summed E-state index contributed by atoms with van der Waals surface area (Å²) in [6.07, 6.45) is -2.79. The van der Waals surface area contributed by atoms with E-state index in [-0.39, 0.29) is 24.1 Å². The van der Waals surface area contributed by atoms with Crippen LogP contribution in [-0.4, -0.2) is 39.6 Å². The normalized spacial score (nSPS) is 13.9. The highest BCUT2D eigenvalue weighted by Gasteiger charge is 2.39. The molecule has 1 aromatic heterocycles. The number of halogens is 3. The molecule has 1 N–H and O–H groups in total. The number of rotatable bonds is 8. The number of carbonyl (C=O) groups is 2. The second-order valence-electron chi connectivity index (χ2n) is 9.12. The zero-order chi connectivity index (χ0) is 27.4. The molecule has 0 spiro atoms. The topological polar surface area (TPSA) is 110 Å². The van der Waals surface area contributed by atoms with E-state index in [1.165, 1.54) is 30.1 Å². The lowest BCUT2D eigenvalue weighted by molar-refractivity contribution is -0.384. The zero-order valence-corrected chi connectivity index (χ0v) is 20.6. The number of alkyl halides is 3. The number of nitro benzene ring substituents is 1. The Labute approximate surface area is 216 Å². The van der Waals surface area contributed by atoms with Crippen molar-refractivity contribution < 1.29 is 27.7 Å². The molecule has 0 saturated carbocycles. The number of amides is 2. The second kappa shape index (κ2) is 11.0. The largest absolute Gasteiger partial charge is 0.435 e. The summed E-state index contributed by atoms with van der Waals surface area (Å²) in [4.78, 5) is 38.5. The first kappa shape index (κ1) is 26.8. The van der Waals surface area contributed by atoms with Gasteiger partial charge in [-0.3, -0.25) is 24.4 Å². The third-order valence-corrected chi connectivity index (χ3v) is 6.49. The Hall–Kier alpha value is -4.22. The Balaban J connectivity index is 1.59. The molecule has 1 heterocycles. The van der Waals surface area contributed by atoms with Crippen LogP contribution >= 0.6 is 0 Å². The number of benzene rings is 2. The van der Waals surface area contributed by atoms with Gasteiger partial charge in [0.15, 0.2) is 5.69 Å². The van der Waals surface area contributed by atoms with Crippen molar-refractivity contribution >= 4 is 23.2 Å². The zero-order valence-electron chi connectivity index (χ0n) is 20.6. The summed E-state index contributed by atoms with van der Waals surface area (Å²) in [5, 5.41) is 17.5. The Morgan fingerprint density at radius 2 is 1.84 bits per heavy atom. The van der Waals surface area contributed by atoms with Gasteiger partial charge in [-0.1, -0.05) is 30.3 Å². The van der Waals surface area contributed by atoms with E-state index in [0.717, 1.165) is 4.68 Å². The predicted molar refractivity (Wildman–Crippen MR) is 132 cm³/mol. The number of nitrogens with one attached hydrogen (secondary N) is 1. The highest BCUT2D eigenvalue weighted by molar-refractivity contribution is 5.99. The minimum atomic E-state index is -4.64. The van der Waals surface area contributed by atoms with Gasteiger partial charge in [0.2, 0.25) is 11.8 Å². The summed E-state index contributed by atoms with van der Waals surface area (Å²) in [5.41, 5.74) is 0.348. The van der Waals surface area contributed by atoms with Crippen LogP contribution in [0.2, 0.25) is 0 Å². The maximum absolute atomic E-state index is 13.5. The van der Waals surface area contributed by atoms with Crippen molar-refractivity contribution in [2.45, 2.75) is 50.9 Å². The number of para-hydroxylation sites is 1.